The summed E-state index contributed by atoms with van der Waals surface area (Å²) in [5, 5.41) is 7.44. The van der Waals surface area contributed by atoms with Gasteiger partial charge >= 0.3 is 169 Å². The Labute approximate surface area is 168 Å². The van der Waals surface area contributed by atoms with Crippen molar-refractivity contribution in [3.05, 3.63) is 0 Å². The zero-order valence-electron chi connectivity index (χ0n) is 14.0. The quantitative estimate of drug-likeness (QED) is 0.312. The van der Waals surface area contributed by atoms with Gasteiger partial charge in [0.05, 0.1) is 0 Å². The van der Waals surface area contributed by atoms with Crippen LogP contribution in [0.15, 0.2) is 0 Å². The Bertz CT molecular complexity index is 323. The van der Waals surface area contributed by atoms with E-state index in [0.29, 0.717) is 0 Å². The molecule has 0 bridgehead atoms. The van der Waals surface area contributed by atoms with Gasteiger partial charge in [0.15, 0.2) is 0 Å². The van der Waals surface area contributed by atoms with Crippen LogP contribution in [0.5, 0.6) is 0 Å². The Hall–Kier alpha value is 2.09. The second-order valence-corrected chi connectivity index (χ2v) is 17.4. The number of thioether (sulfide) groups is 3. The van der Waals surface area contributed by atoms with Crippen LogP contribution < -0.4 is 0 Å². The van der Waals surface area contributed by atoms with Crippen molar-refractivity contribution in [1.82, 2.24) is 0 Å². The molecule has 0 radical (unpaired) electrons. The Kier molecular flexibility index (Phi) is 7.49. The van der Waals surface area contributed by atoms with Crippen LogP contribution in [0.3, 0.4) is 0 Å². The molecule has 0 aromatic heterocycles. The van der Waals surface area contributed by atoms with Gasteiger partial charge in [0, 0.05) is 0 Å². The molecule has 2 saturated heterocycles. The molecule has 2 aliphatic carbocycles. The fourth-order valence-corrected chi connectivity index (χ4v) is 13.9. The van der Waals surface area contributed by atoms with Gasteiger partial charge in [-0.2, -0.15) is 0 Å². The van der Waals surface area contributed by atoms with Crippen molar-refractivity contribution in [2.75, 3.05) is 11.5 Å². The fourth-order valence-electron chi connectivity index (χ4n) is 3.76. The summed E-state index contributed by atoms with van der Waals surface area (Å²) in [4.78, 5) is 2.30. The molecule has 5 heteroatoms. The third-order valence-electron chi connectivity index (χ3n) is 5.47. The predicted octanol–water partition coefficient (Wildman–Crippen LogP) is 5.66. The molecule has 0 spiro atoms. The molecule has 0 amide bonds. The molecule has 0 nitrogen and oxygen atoms in total. The third kappa shape index (κ3) is 6.63. The van der Waals surface area contributed by atoms with E-state index < -0.39 is 0 Å². The zero-order valence-corrected chi connectivity index (χ0v) is 19.9. The molecule has 2 heterocycles. The van der Waals surface area contributed by atoms with Crippen LogP contribution >= 0.6 is 35.3 Å². The van der Waals surface area contributed by atoms with Crippen molar-refractivity contribution in [3.63, 3.8) is 0 Å². The average Bonchev–Trinajstić information content (AvgIpc) is 3.48. The van der Waals surface area contributed by atoms with Gasteiger partial charge < -0.3 is 0 Å². The van der Waals surface area contributed by atoms with Crippen molar-refractivity contribution in [3.8, 4) is 0 Å². The van der Waals surface area contributed by atoms with Gasteiger partial charge in [0.2, 0.25) is 0 Å². The third-order valence-corrected chi connectivity index (χ3v) is 16.5. The maximum atomic E-state index is 2.42. The van der Waals surface area contributed by atoms with E-state index in [2.05, 4.69) is 35.3 Å². The molecular formula is C18H30S3Se2. The Morgan fingerprint density at radius 1 is 0.652 bits per heavy atom. The maximum absolute atomic E-state index is 2.42. The molecule has 0 aromatic rings. The molecule has 23 heavy (non-hydrogen) atoms. The second-order valence-electron chi connectivity index (χ2n) is 7.51. The van der Waals surface area contributed by atoms with Gasteiger partial charge in [-0.05, 0) is 0 Å². The van der Waals surface area contributed by atoms with Crippen molar-refractivity contribution in [2.24, 2.45) is 0 Å². The van der Waals surface area contributed by atoms with Crippen LogP contribution in [-0.4, -0.2) is 62.4 Å². The van der Waals surface area contributed by atoms with Gasteiger partial charge in [-0.25, -0.2) is 0 Å². The first-order valence-corrected chi connectivity index (χ1v) is 16.9. The van der Waals surface area contributed by atoms with Gasteiger partial charge in [-0.3, -0.25) is 0 Å². The van der Waals surface area contributed by atoms with Gasteiger partial charge in [0.25, 0.3) is 0 Å². The predicted molar refractivity (Wildman–Crippen MR) is 113 cm³/mol. The number of rotatable bonds is 8. The molecular weight excluding hydrogens is 470 g/mol. The molecule has 2 aliphatic heterocycles. The molecule has 4 rings (SSSR count). The minimum absolute atomic E-state index is 0.976. The molecule has 4 aliphatic rings. The van der Waals surface area contributed by atoms with Crippen LogP contribution in [0, 0.1) is 0 Å². The summed E-state index contributed by atoms with van der Waals surface area (Å²) >= 11 is 8.78. The summed E-state index contributed by atoms with van der Waals surface area (Å²) in [7, 11) is 0. The SMILES string of the molecule is C1SC1C[Se]C1CCC(SC2CCC([Se]CC3CS3)CC2)CC1. The van der Waals surface area contributed by atoms with Crippen LogP contribution in [0.1, 0.15) is 51.4 Å². The summed E-state index contributed by atoms with van der Waals surface area (Å²) < 4.78 is 0. The molecule has 2 saturated carbocycles. The Morgan fingerprint density at radius 2 is 1.04 bits per heavy atom. The summed E-state index contributed by atoms with van der Waals surface area (Å²) in [5.74, 6) is 2.97. The van der Waals surface area contributed by atoms with E-state index in [-0.39, 0.29) is 0 Å². The molecule has 132 valence electrons. The summed E-state index contributed by atoms with van der Waals surface area (Å²) in [6.07, 6.45) is 12.5. The van der Waals surface area contributed by atoms with E-state index in [1.165, 1.54) is 11.5 Å². The van der Waals surface area contributed by atoms with E-state index in [1.807, 2.05) is 0 Å². The molecule has 0 aromatic carbocycles. The Morgan fingerprint density at radius 3 is 1.39 bits per heavy atom. The Balaban J connectivity index is 1.08. The van der Waals surface area contributed by atoms with E-state index >= 15 is 0 Å². The number of hydrogen-bond donors (Lipinski definition) is 0. The van der Waals surface area contributed by atoms with Gasteiger partial charge in [-0.15, -0.1) is 0 Å². The molecule has 2 atom stereocenters. The first kappa shape index (κ1) is 18.5. The van der Waals surface area contributed by atoms with Crippen molar-refractivity contribution in [1.29, 1.82) is 0 Å². The van der Waals surface area contributed by atoms with E-state index in [9.17, 15) is 0 Å². The molecule has 4 fully saturated rings. The molecule has 0 N–H and O–H groups in total. The standard InChI is InChI=1S/C18H30S3Se2/c1-5-17(22-11-15-9-19-15)6-2-13(1)21-14-3-7-18(8-4-14)23-12-16-10-20-16/h13-18H,1-12H2. The fraction of sp³-hybridized carbons (Fsp3) is 1.00. The normalized spacial score (nSPS) is 43.3. The summed E-state index contributed by atoms with van der Waals surface area (Å²) in [5.41, 5.74) is 0. The molecule has 2 unspecified atom stereocenters. The van der Waals surface area contributed by atoms with Crippen molar-refractivity contribution >= 4 is 65.2 Å². The monoisotopic (exact) mass is 502 g/mol. The van der Waals surface area contributed by atoms with Crippen LogP contribution in [0.4, 0.5) is 0 Å². The van der Waals surface area contributed by atoms with Crippen LogP contribution in [-0.2, 0) is 0 Å². The topological polar surface area (TPSA) is 0 Å². The van der Waals surface area contributed by atoms with Gasteiger partial charge in [-0.1, -0.05) is 0 Å². The summed E-state index contributed by atoms with van der Waals surface area (Å²) in [6.45, 7) is 0. The second kappa shape index (κ2) is 9.34. The first-order chi connectivity index (χ1) is 11.3. The van der Waals surface area contributed by atoms with E-state index in [0.717, 1.165) is 60.5 Å². The van der Waals surface area contributed by atoms with Gasteiger partial charge in [0.1, 0.15) is 0 Å². The van der Waals surface area contributed by atoms with E-state index in [4.69, 9.17) is 0 Å². The zero-order chi connectivity index (χ0) is 15.5. The van der Waals surface area contributed by atoms with Crippen LogP contribution in [0.25, 0.3) is 0 Å². The van der Waals surface area contributed by atoms with Crippen LogP contribution in [0.2, 0.25) is 20.3 Å². The van der Waals surface area contributed by atoms with Crippen molar-refractivity contribution in [2.45, 2.75) is 92.6 Å². The number of hydrogen-bond acceptors (Lipinski definition) is 3. The average molecular weight is 501 g/mol. The minimum atomic E-state index is 0.976. The van der Waals surface area contributed by atoms with E-state index in [1.54, 1.807) is 62.0 Å². The van der Waals surface area contributed by atoms with Crippen molar-refractivity contribution < 1.29 is 0 Å². The first-order valence-electron chi connectivity index (χ1n) is 9.47. The summed E-state index contributed by atoms with van der Waals surface area (Å²) in [6, 6.07) is 0.